The van der Waals surface area contributed by atoms with Gasteiger partial charge in [-0.2, -0.15) is 0 Å². The first-order valence-electron chi connectivity index (χ1n) is 6.60. The Morgan fingerprint density at radius 1 is 1.61 bits per heavy atom. The van der Waals surface area contributed by atoms with Gasteiger partial charge in [-0.3, -0.25) is 4.79 Å². The van der Waals surface area contributed by atoms with Gasteiger partial charge in [0, 0.05) is 18.5 Å². The van der Waals surface area contributed by atoms with Crippen molar-refractivity contribution >= 4 is 5.91 Å². The number of carbonyl (C=O) groups is 1. The molecule has 1 fully saturated rings. The summed E-state index contributed by atoms with van der Waals surface area (Å²) in [5, 5.41) is 10.8. The summed E-state index contributed by atoms with van der Waals surface area (Å²) >= 11 is 0. The molecule has 1 heterocycles. The van der Waals surface area contributed by atoms with Crippen LogP contribution in [0.4, 0.5) is 0 Å². The van der Waals surface area contributed by atoms with Crippen LogP contribution in [0.5, 0.6) is 0 Å². The fourth-order valence-corrected chi connectivity index (χ4v) is 2.41. The topological polar surface area (TPSA) is 85.8 Å². The van der Waals surface area contributed by atoms with Crippen molar-refractivity contribution in [3.05, 3.63) is 12.2 Å². The Morgan fingerprint density at radius 2 is 2.44 bits per heavy atom. The molecule has 18 heavy (non-hydrogen) atoms. The van der Waals surface area contributed by atoms with Gasteiger partial charge in [0.05, 0.1) is 6.54 Å². The molecule has 1 aromatic rings. The number of amides is 1. The van der Waals surface area contributed by atoms with E-state index < -0.39 is 0 Å². The first-order chi connectivity index (χ1) is 8.70. The Labute approximate surface area is 107 Å². The Hall–Kier alpha value is -1.43. The molecule has 0 bridgehead atoms. The predicted octanol–water partition coefficient (Wildman–Crippen LogP) is 0.432. The highest BCUT2D eigenvalue weighted by atomic mass is 16.1. The molecule has 2 atom stereocenters. The van der Waals surface area contributed by atoms with Gasteiger partial charge in [-0.15, -0.1) is 10.2 Å². The summed E-state index contributed by atoms with van der Waals surface area (Å²) in [7, 11) is 0. The molecule has 0 unspecified atom stereocenters. The lowest BCUT2D eigenvalue weighted by molar-refractivity contribution is -0.125. The standard InChI is InChI=1S/C12H21N5O/c1-2-5-17-8-15-16-11(17)7-14-12(18)9-3-4-10(13)6-9/h8-10H,2-7,13H2,1H3,(H,14,18)/t9-,10+/m0/s1. The summed E-state index contributed by atoms with van der Waals surface area (Å²) in [5.74, 6) is 0.976. The zero-order chi connectivity index (χ0) is 13.0. The largest absolute Gasteiger partial charge is 0.349 e. The summed E-state index contributed by atoms with van der Waals surface area (Å²) in [5.41, 5.74) is 5.81. The van der Waals surface area contributed by atoms with Crippen LogP contribution in [0.3, 0.4) is 0 Å². The van der Waals surface area contributed by atoms with Crippen molar-refractivity contribution in [3.63, 3.8) is 0 Å². The van der Waals surface area contributed by atoms with Crippen LogP contribution in [-0.2, 0) is 17.9 Å². The molecule has 0 spiro atoms. The van der Waals surface area contributed by atoms with Crippen molar-refractivity contribution in [1.29, 1.82) is 0 Å². The van der Waals surface area contributed by atoms with E-state index >= 15 is 0 Å². The van der Waals surface area contributed by atoms with Crippen molar-refractivity contribution in [2.45, 2.75) is 51.7 Å². The summed E-state index contributed by atoms with van der Waals surface area (Å²) in [6.45, 7) is 3.43. The average Bonchev–Trinajstić information content (AvgIpc) is 2.96. The van der Waals surface area contributed by atoms with Crippen LogP contribution >= 0.6 is 0 Å². The molecule has 1 aromatic heterocycles. The molecule has 1 amide bonds. The molecule has 100 valence electrons. The lowest BCUT2D eigenvalue weighted by atomic mass is 10.1. The molecule has 0 radical (unpaired) electrons. The molecule has 0 aromatic carbocycles. The molecule has 3 N–H and O–H groups in total. The van der Waals surface area contributed by atoms with E-state index in [1.54, 1.807) is 6.33 Å². The molecule has 6 heteroatoms. The lowest BCUT2D eigenvalue weighted by Crippen LogP contribution is -2.31. The fourth-order valence-electron chi connectivity index (χ4n) is 2.41. The van der Waals surface area contributed by atoms with E-state index in [0.717, 1.165) is 38.1 Å². The summed E-state index contributed by atoms with van der Waals surface area (Å²) in [6, 6.07) is 0.185. The van der Waals surface area contributed by atoms with E-state index in [-0.39, 0.29) is 17.9 Å². The number of hydrogen-bond acceptors (Lipinski definition) is 4. The first kappa shape index (κ1) is 13.0. The van der Waals surface area contributed by atoms with Crippen molar-refractivity contribution in [1.82, 2.24) is 20.1 Å². The fraction of sp³-hybridized carbons (Fsp3) is 0.750. The second-order valence-electron chi connectivity index (χ2n) is 4.93. The van der Waals surface area contributed by atoms with Crippen LogP contribution in [0.2, 0.25) is 0 Å². The van der Waals surface area contributed by atoms with E-state index in [0.29, 0.717) is 6.54 Å². The normalized spacial score (nSPS) is 23.2. The zero-order valence-electron chi connectivity index (χ0n) is 10.8. The highest BCUT2D eigenvalue weighted by Crippen LogP contribution is 2.24. The predicted molar refractivity (Wildman–Crippen MR) is 67.5 cm³/mol. The third-order valence-corrected chi connectivity index (χ3v) is 3.42. The first-order valence-corrected chi connectivity index (χ1v) is 6.60. The second-order valence-corrected chi connectivity index (χ2v) is 4.93. The molecule has 0 aliphatic heterocycles. The molecule has 1 aliphatic carbocycles. The van der Waals surface area contributed by atoms with Crippen molar-refractivity contribution < 1.29 is 4.79 Å². The molecule has 0 saturated heterocycles. The maximum atomic E-state index is 11.9. The summed E-state index contributed by atoms with van der Waals surface area (Å²) in [4.78, 5) is 11.9. The number of nitrogens with one attached hydrogen (secondary N) is 1. The Bertz CT molecular complexity index is 403. The van der Waals surface area contributed by atoms with E-state index in [4.69, 9.17) is 5.73 Å². The quantitative estimate of drug-likeness (QED) is 0.794. The number of rotatable bonds is 5. The smallest absolute Gasteiger partial charge is 0.223 e. The average molecular weight is 251 g/mol. The molecule has 1 saturated carbocycles. The van der Waals surface area contributed by atoms with Gasteiger partial charge in [-0.25, -0.2) is 0 Å². The van der Waals surface area contributed by atoms with Gasteiger partial charge in [0.15, 0.2) is 5.82 Å². The van der Waals surface area contributed by atoms with Crippen LogP contribution in [0.15, 0.2) is 6.33 Å². The number of aryl methyl sites for hydroxylation is 1. The van der Waals surface area contributed by atoms with Crippen LogP contribution in [0, 0.1) is 5.92 Å². The van der Waals surface area contributed by atoms with E-state index in [1.807, 2.05) is 4.57 Å². The van der Waals surface area contributed by atoms with Gasteiger partial charge in [0.1, 0.15) is 6.33 Å². The Kier molecular flexibility index (Phi) is 4.30. The number of nitrogens with two attached hydrogens (primary N) is 1. The van der Waals surface area contributed by atoms with Gasteiger partial charge >= 0.3 is 0 Å². The van der Waals surface area contributed by atoms with Crippen LogP contribution in [0.25, 0.3) is 0 Å². The van der Waals surface area contributed by atoms with Crippen LogP contribution < -0.4 is 11.1 Å². The van der Waals surface area contributed by atoms with Gasteiger partial charge in [-0.1, -0.05) is 6.92 Å². The van der Waals surface area contributed by atoms with Gasteiger partial charge in [0.2, 0.25) is 5.91 Å². The van der Waals surface area contributed by atoms with E-state index in [1.165, 1.54) is 0 Å². The second kappa shape index (κ2) is 5.95. The van der Waals surface area contributed by atoms with Gasteiger partial charge in [-0.05, 0) is 25.7 Å². The monoisotopic (exact) mass is 251 g/mol. The minimum absolute atomic E-state index is 0.0718. The zero-order valence-corrected chi connectivity index (χ0v) is 10.8. The third kappa shape index (κ3) is 3.07. The van der Waals surface area contributed by atoms with E-state index in [9.17, 15) is 4.79 Å². The van der Waals surface area contributed by atoms with Crippen molar-refractivity contribution in [3.8, 4) is 0 Å². The number of carbonyl (C=O) groups excluding carboxylic acids is 1. The van der Waals surface area contributed by atoms with Crippen LogP contribution in [-0.4, -0.2) is 26.7 Å². The van der Waals surface area contributed by atoms with Gasteiger partial charge < -0.3 is 15.6 Å². The number of hydrogen-bond donors (Lipinski definition) is 2. The molecular formula is C12H21N5O. The molecule has 1 aliphatic rings. The van der Waals surface area contributed by atoms with E-state index in [2.05, 4.69) is 22.4 Å². The summed E-state index contributed by atoms with van der Waals surface area (Å²) < 4.78 is 1.97. The maximum Gasteiger partial charge on any atom is 0.223 e. The minimum Gasteiger partial charge on any atom is -0.349 e. The Balaban J connectivity index is 1.83. The molecule has 2 rings (SSSR count). The Morgan fingerprint density at radius 3 is 3.11 bits per heavy atom. The maximum absolute atomic E-state index is 11.9. The van der Waals surface area contributed by atoms with Gasteiger partial charge in [0.25, 0.3) is 0 Å². The summed E-state index contributed by atoms with van der Waals surface area (Å²) in [6.07, 6.45) is 5.37. The van der Waals surface area contributed by atoms with Crippen LogP contribution in [0.1, 0.15) is 38.4 Å². The highest BCUT2D eigenvalue weighted by Gasteiger charge is 2.27. The van der Waals surface area contributed by atoms with Crippen molar-refractivity contribution in [2.24, 2.45) is 11.7 Å². The minimum atomic E-state index is 0.0718. The SMILES string of the molecule is CCCn1cnnc1CNC(=O)[C@H]1CC[C@@H](N)C1. The number of aromatic nitrogens is 3. The molecule has 6 nitrogen and oxygen atoms in total. The van der Waals surface area contributed by atoms with Crippen molar-refractivity contribution in [2.75, 3.05) is 0 Å². The third-order valence-electron chi connectivity index (χ3n) is 3.42. The highest BCUT2D eigenvalue weighted by molar-refractivity contribution is 5.78. The lowest BCUT2D eigenvalue weighted by Gasteiger charge is -2.11. The molecular weight excluding hydrogens is 230 g/mol. The number of nitrogens with zero attached hydrogens (tertiary/aromatic N) is 3.